The third-order valence-electron chi connectivity index (χ3n) is 2.67. The van der Waals surface area contributed by atoms with E-state index in [9.17, 15) is 9.13 Å². The molecule has 2 nitrogen and oxygen atoms in total. The largest absolute Gasteiger partial charge is 0.284 e. The van der Waals surface area contributed by atoms with Crippen LogP contribution in [0.2, 0.25) is 0 Å². The molecule has 0 saturated carbocycles. The van der Waals surface area contributed by atoms with Crippen LogP contribution in [0, 0.1) is 0 Å². The van der Waals surface area contributed by atoms with Gasteiger partial charge in [-0.15, -0.1) is 0 Å². The third kappa shape index (κ3) is 4.04. The zero-order valence-electron chi connectivity index (χ0n) is 9.84. The van der Waals surface area contributed by atoms with E-state index in [1.54, 1.807) is 48.5 Å². The SMILES string of the molecule is O=P(Cl)(Cl)c1ccc(-c2ccc(P(=O)(Cl)Cl)cc2)cc1. The molecule has 0 bridgehead atoms. The van der Waals surface area contributed by atoms with Gasteiger partial charge in [-0.25, -0.2) is 0 Å². The van der Waals surface area contributed by atoms with Gasteiger partial charge in [0, 0.05) is 10.6 Å². The van der Waals surface area contributed by atoms with Gasteiger partial charge in [-0.1, -0.05) is 24.3 Å². The monoisotopic (exact) mass is 386 g/mol. The zero-order valence-corrected chi connectivity index (χ0v) is 14.7. The highest BCUT2D eigenvalue weighted by atomic mass is 35.9. The fourth-order valence-electron chi connectivity index (χ4n) is 1.65. The van der Waals surface area contributed by atoms with Crippen molar-refractivity contribution in [1.82, 2.24) is 0 Å². The summed E-state index contributed by atoms with van der Waals surface area (Å²) in [6.45, 7) is 0. The van der Waals surface area contributed by atoms with Crippen LogP contribution in [-0.4, -0.2) is 0 Å². The van der Waals surface area contributed by atoms with Crippen LogP contribution in [0.3, 0.4) is 0 Å². The summed E-state index contributed by atoms with van der Waals surface area (Å²) in [5, 5.41) is 0.763. The molecule has 0 amide bonds. The number of hydrogen-bond donors (Lipinski definition) is 0. The molecule has 0 radical (unpaired) electrons. The second kappa shape index (κ2) is 6.05. The molecule has 0 spiro atoms. The predicted octanol–water partition coefficient (Wildman–Crippen LogP) is 5.95. The lowest BCUT2D eigenvalue weighted by Gasteiger charge is -2.07. The van der Waals surface area contributed by atoms with Crippen LogP contribution in [0.5, 0.6) is 0 Å². The molecule has 0 atom stereocenters. The van der Waals surface area contributed by atoms with Crippen molar-refractivity contribution in [3.8, 4) is 11.1 Å². The quantitative estimate of drug-likeness (QED) is 0.610. The van der Waals surface area contributed by atoms with E-state index < -0.39 is 11.7 Å². The second-order valence-corrected chi connectivity index (χ2v) is 13.7. The molecule has 0 unspecified atom stereocenters. The van der Waals surface area contributed by atoms with Gasteiger partial charge in [-0.05, 0) is 80.4 Å². The van der Waals surface area contributed by atoms with Crippen molar-refractivity contribution in [2.75, 3.05) is 0 Å². The van der Waals surface area contributed by atoms with Crippen LogP contribution in [0.25, 0.3) is 11.1 Å². The molecule has 0 heterocycles. The van der Waals surface area contributed by atoms with E-state index in [1.807, 2.05) is 0 Å². The van der Waals surface area contributed by atoms with Gasteiger partial charge in [0.25, 0.3) is 11.7 Å². The van der Waals surface area contributed by atoms with Gasteiger partial charge in [-0.3, -0.25) is 9.13 Å². The van der Waals surface area contributed by atoms with E-state index in [2.05, 4.69) is 0 Å². The van der Waals surface area contributed by atoms with Crippen LogP contribution in [0.15, 0.2) is 48.5 Å². The highest BCUT2D eigenvalue weighted by Gasteiger charge is 2.18. The highest BCUT2D eigenvalue weighted by Crippen LogP contribution is 2.56. The van der Waals surface area contributed by atoms with Crippen molar-refractivity contribution in [3.05, 3.63) is 48.5 Å². The molecule has 0 aromatic heterocycles. The van der Waals surface area contributed by atoms with Crippen molar-refractivity contribution in [2.45, 2.75) is 0 Å². The Hall–Kier alpha value is 0.0600. The average molecular weight is 388 g/mol. The summed E-state index contributed by atoms with van der Waals surface area (Å²) in [6.07, 6.45) is 0. The first-order chi connectivity index (χ1) is 9.18. The lowest BCUT2D eigenvalue weighted by Crippen LogP contribution is -1.98. The summed E-state index contributed by atoms with van der Waals surface area (Å²) >= 11 is 22.4. The maximum atomic E-state index is 11.5. The van der Waals surface area contributed by atoms with Crippen LogP contribution in [0.4, 0.5) is 0 Å². The topological polar surface area (TPSA) is 34.1 Å². The molecule has 0 saturated heterocycles. The van der Waals surface area contributed by atoms with E-state index in [0.29, 0.717) is 10.6 Å². The maximum Gasteiger partial charge on any atom is 0.281 e. The van der Waals surface area contributed by atoms with Crippen molar-refractivity contribution in [2.24, 2.45) is 0 Å². The summed E-state index contributed by atoms with van der Waals surface area (Å²) in [6, 6.07) is 13.4. The molecule has 0 fully saturated rings. The molecule has 2 aromatic rings. The van der Waals surface area contributed by atoms with Crippen LogP contribution in [-0.2, 0) is 9.13 Å². The van der Waals surface area contributed by atoms with Crippen molar-refractivity contribution >= 4 is 67.3 Å². The molecular weight excluding hydrogens is 380 g/mol. The lowest BCUT2D eigenvalue weighted by atomic mass is 10.1. The Morgan fingerprint density at radius 3 is 1.00 bits per heavy atom. The van der Waals surface area contributed by atoms with Gasteiger partial charge < -0.3 is 0 Å². The molecule has 2 aromatic carbocycles. The van der Waals surface area contributed by atoms with Crippen molar-refractivity contribution in [3.63, 3.8) is 0 Å². The van der Waals surface area contributed by atoms with Crippen molar-refractivity contribution in [1.29, 1.82) is 0 Å². The molecule has 0 aliphatic carbocycles. The summed E-state index contributed by atoms with van der Waals surface area (Å²) in [5.74, 6) is -6.57. The molecule has 0 aliphatic rings. The van der Waals surface area contributed by atoms with Gasteiger partial charge >= 0.3 is 0 Å². The molecule has 2 rings (SSSR count). The molecule has 0 N–H and O–H groups in total. The molecule has 0 aliphatic heterocycles. The zero-order chi connectivity index (χ0) is 15.0. The predicted molar refractivity (Wildman–Crippen MR) is 89.8 cm³/mol. The van der Waals surface area contributed by atoms with Crippen LogP contribution < -0.4 is 10.6 Å². The minimum absolute atomic E-state index is 0.382. The Morgan fingerprint density at radius 1 is 0.550 bits per heavy atom. The Kier molecular flexibility index (Phi) is 4.97. The van der Waals surface area contributed by atoms with E-state index in [0.717, 1.165) is 11.1 Å². The fourth-order valence-corrected chi connectivity index (χ4v) is 4.00. The number of halogens is 4. The number of benzene rings is 2. The van der Waals surface area contributed by atoms with Crippen LogP contribution in [0.1, 0.15) is 0 Å². The minimum atomic E-state index is -3.29. The first-order valence-corrected chi connectivity index (χ1v) is 12.4. The summed E-state index contributed by atoms with van der Waals surface area (Å²) < 4.78 is 23.0. The third-order valence-corrected chi connectivity index (χ3v) is 6.81. The van der Waals surface area contributed by atoms with Gasteiger partial charge in [-0.2, -0.15) is 0 Å². The molecule has 20 heavy (non-hydrogen) atoms. The Morgan fingerprint density at radius 2 is 0.800 bits per heavy atom. The van der Waals surface area contributed by atoms with Crippen LogP contribution >= 0.6 is 56.7 Å². The fraction of sp³-hybridized carbons (Fsp3) is 0. The van der Waals surface area contributed by atoms with Gasteiger partial charge in [0.05, 0.1) is 0 Å². The van der Waals surface area contributed by atoms with E-state index in [-0.39, 0.29) is 0 Å². The summed E-state index contributed by atoms with van der Waals surface area (Å²) in [5.41, 5.74) is 1.75. The van der Waals surface area contributed by atoms with Gasteiger partial charge in [0.1, 0.15) is 0 Å². The van der Waals surface area contributed by atoms with E-state index >= 15 is 0 Å². The van der Waals surface area contributed by atoms with Crippen molar-refractivity contribution < 1.29 is 9.13 Å². The first-order valence-electron chi connectivity index (χ1n) is 5.38. The lowest BCUT2D eigenvalue weighted by molar-refractivity contribution is 0.596. The minimum Gasteiger partial charge on any atom is -0.284 e. The Labute approximate surface area is 135 Å². The summed E-state index contributed by atoms with van der Waals surface area (Å²) in [4.78, 5) is 0. The molecule has 106 valence electrons. The van der Waals surface area contributed by atoms with Gasteiger partial charge in [0.2, 0.25) is 0 Å². The second-order valence-electron chi connectivity index (χ2n) is 4.02. The molecule has 8 heteroatoms. The molecular formula is C12H8Cl4O2P2. The maximum absolute atomic E-state index is 11.5. The smallest absolute Gasteiger partial charge is 0.281 e. The summed E-state index contributed by atoms with van der Waals surface area (Å²) in [7, 11) is 0. The first kappa shape index (κ1) is 16.4. The standard InChI is InChI=1S/C12H8Cl4O2P2/c13-19(14,17)11-5-1-9(2-6-11)10-3-7-12(8-4-10)20(15,16)18/h1-8H. The number of hydrogen-bond acceptors (Lipinski definition) is 2. The highest BCUT2D eigenvalue weighted by molar-refractivity contribution is 8.13. The average Bonchev–Trinajstić information content (AvgIpc) is 2.37. The van der Waals surface area contributed by atoms with Gasteiger partial charge in [0.15, 0.2) is 0 Å². The number of rotatable bonds is 3. The van der Waals surface area contributed by atoms with E-state index in [4.69, 9.17) is 45.0 Å². The Bertz CT molecular complexity index is 638. The normalized spacial score (nSPS) is 12.4. The van der Waals surface area contributed by atoms with E-state index in [1.165, 1.54) is 0 Å². The Balaban J connectivity index is 2.33.